The fourth-order valence-electron chi connectivity index (χ4n) is 3.60. The fraction of sp³-hybridized carbons (Fsp3) is 0.667. The first-order chi connectivity index (χ1) is 7.77. The molecule has 3 heterocycles. The monoisotopic (exact) mass is 220 g/mol. The predicted octanol–water partition coefficient (Wildman–Crippen LogP) is 0.811. The van der Waals surface area contributed by atoms with Crippen LogP contribution in [-0.2, 0) is 19.1 Å². The molecule has 16 heavy (non-hydrogen) atoms. The summed E-state index contributed by atoms with van der Waals surface area (Å²) in [5.74, 6) is 0.504. The van der Waals surface area contributed by atoms with Crippen LogP contribution in [0.3, 0.4) is 0 Å². The van der Waals surface area contributed by atoms with Gasteiger partial charge in [-0.15, -0.1) is 0 Å². The van der Waals surface area contributed by atoms with Crippen molar-refractivity contribution in [2.75, 3.05) is 6.61 Å². The average Bonchev–Trinajstić information content (AvgIpc) is 2.92. The zero-order valence-corrected chi connectivity index (χ0v) is 8.77. The molecule has 2 saturated heterocycles. The molecule has 0 N–H and O–H groups in total. The molecule has 4 aliphatic rings. The molecule has 0 aromatic rings. The summed E-state index contributed by atoms with van der Waals surface area (Å²) in [6, 6.07) is 0. The number of esters is 1. The van der Waals surface area contributed by atoms with E-state index in [2.05, 4.69) is 0 Å². The van der Waals surface area contributed by atoms with Gasteiger partial charge in [0.25, 0.3) is 0 Å². The summed E-state index contributed by atoms with van der Waals surface area (Å²) in [4.78, 5) is 23.8. The molecule has 0 amide bonds. The van der Waals surface area contributed by atoms with Crippen LogP contribution in [0.15, 0.2) is 11.3 Å². The Kier molecular flexibility index (Phi) is 1.47. The van der Waals surface area contributed by atoms with Crippen LogP contribution in [0, 0.1) is 17.8 Å². The summed E-state index contributed by atoms with van der Waals surface area (Å²) in [6.45, 7) is 0.351. The van der Waals surface area contributed by atoms with Gasteiger partial charge < -0.3 is 9.47 Å². The summed E-state index contributed by atoms with van der Waals surface area (Å²) in [5.41, 5.74) is 1.09. The Hall–Kier alpha value is -1.32. The largest absolute Gasteiger partial charge is 0.486 e. The van der Waals surface area contributed by atoms with E-state index in [1.54, 1.807) is 0 Å². The van der Waals surface area contributed by atoms with Gasteiger partial charge in [0.2, 0.25) is 0 Å². The van der Waals surface area contributed by atoms with Gasteiger partial charge in [0.1, 0.15) is 11.7 Å². The average molecular weight is 220 g/mol. The van der Waals surface area contributed by atoms with Crippen molar-refractivity contribution in [2.45, 2.75) is 25.4 Å². The Morgan fingerprint density at radius 3 is 3.00 bits per heavy atom. The SMILES string of the molecule is O=C1OCC2C1C1=C3CCCC3C(=O)[C@H]2O1. The van der Waals surface area contributed by atoms with Gasteiger partial charge in [0.15, 0.2) is 11.9 Å². The van der Waals surface area contributed by atoms with Gasteiger partial charge in [0, 0.05) is 5.92 Å². The van der Waals surface area contributed by atoms with Crippen molar-refractivity contribution < 1.29 is 19.1 Å². The number of hydrogen-bond donors (Lipinski definition) is 0. The Balaban J connectivity index is 1.90. The Morgan fingerprint density at radius 2 is 2.12 bits per heavy atom. The molecule has 84 valence electrons. The first kappa shape index (κ1) is 8.79. The van der Waals surface area contributed by atoms with E-state index in [0.29, 0.717) is 6.61 Å². The third kappa shape index (κ3) is 0.829. The number of carbonyl (C=O) groups excluding carboxylic acids is 2. The molecule has 4 atom stereocenters. The summed E-state index contributed by atoms with van der Waals surface area (Å²) < 4.78 is 10.7. The first-order valence-electron chi connectivity index (χ1n) is 5.87. The second kappa shape index (κ2) is 2.67. The highest BCUT2D eigenvalue weighted by molar-refractivity contribution is 5.94. The molecule has 1 aliphatic carbocycles. The summed E-state index contributed by atoms with van der Waals surface area (Å²) in [5, 5.41) is 0. The van der Waals surface area contributed by atoms with Gasteiger partial charge in [-0.2, -0.15) is 0 Å². The molecule has 0 radical (unpaired) electrons. The van der Waals surface area contributed by atoms with Crippen molar-refractivity contribution in [3.63, 3.8) is 0 Å². The molecule has 3 fully saturated rings. The fourth-order valence-corrected chi connectivity index (χ4v) is 3.60. The Bertz CT molecular complexity index is 436. The quantitative estimate of drug-likeness (QED) is 0.567. The second-order valence-electron chi connectivity index (χ2n) is 5.05. The number of ketones is 1. The second-order valence-corrected chi connectivity index (χ2v) is 5.05. The van der Waals surface area contributed by atoms with Crippen LogP contribution >= 0.6 is 0 Å². The summed E-state index contributed by atoms with van der Waals surface area (Å²) in [6.07, 6.45) is 2.48. The predicted molar refractivity (Wildman–Crippen MR) is 52.2 cm³/mol. The molecule has 2 bridgehead atoms. The molecule has 3 unspecified atom stereocenters. The van der Waals surface area contributed by atoms with Crippen molar-refractivity contribution in [2.24, 2.45) is 17.8 Å². The summed E-state index contributed by atoms with van der Waals surface area (Å²) in [7, 11) is 0. The number of Topliss-reactive ketones (excluding diaryl/α,β-unsaturated/α-hetero) is 1. The molecule has 3 aliphatic heterocycles. The molecule has 4 heteroatoms. The maximum atomic E-state index is 12.2. The van der Waals surface area contributed by atoms with E-state index >= 15 is 0 Å². The summed E-state index contributed by atoms with van der Waals surface area (Å²) >= 11 is 0. The Morgan fingerprint density at radius 1 is 1.25 bits per heavy atom. The third-order valence-corrected chi connectivity index (χ3v) is 4.33. The van der Waals surface area contributed by atoms with Crippen molar-refractivity contribution in [3.05, 3.63) is 11.3 Å². The first-order valence-corrected chi connectivity index (χ1v) is 5.87. The van der Waals surface area contributed by atoms with Crippen molar-refractivity contribution in [1.29, 1.82) is 0 Å². The number of carbonyl (C=O) groups is 2. The maximum Gasteiger partial charge on any atom is 0.317 e. The van der Waals surface area contributed by atoms with Crippen LogP contribution in [0.5, 0.6) is 0 Å². The number of fused-ring (bicyclic) bond motifs is 6. The number of hydrogen-bond acceptors (Lipinski definition) is 4. The highest BCUT2D eigenvalue weighted by Gasteiger charge is 2.59. The standard InChI is InChI=1S/C12H12O4/c13-9-5-2-1-3-6(5)10-8-7(11(9)16-10)4-15-12(8)14/h5,7-8,11H,1-4H2/t5?,7?,8?,11-/m0/s1. The van der Waals surface area contributed by atoms with Crippen LogP contribution in [0.2, 0.25) is 0 Å². The number of allylic oxidation sites excluding steroid dienone is 1. The molecular weight excluding hydrogens is 208 g/mol. The van der Waals surface area contributed by atoms with Crippen molar-refractivity contribution in [3.8, 4) is 0 Å². The van der Waals surface area contributed by atoms with Gasteiger partial charge in [-0.05, 0) is 24.8 Å². The van der Waals surface area contributed by atoms with Crippen LogP contribution in [0.1, 0.15) is 19.3 Å². The van der Waals surface area contributed by atoms with E-state index in [1.165, 1.54) is 0 Å². The minimum atomic E-state index is -0.404. The van der Waals surface area contributed by atoms with E-state index in [4.69, 9.17) is 9.47 Å². The van der Waals surface area contributed by atoms with Crippen LogP contribution in [0.25, 0.3) is 0 Å². The zero-order chi connectivity index (χ0) is 10.9. The van der Waals surface area contributed by atoms with E-state index in [9.17, 15) is 9.59 Å². The topological polar surface area (TPSA) is 52.6 Å². The van der Waals surface area contributed by atoms with Gasteiger partial charge >= 0.3 is 5.97 Å². The molecule has 0 spiro atoms. The van der Waals surface area contributed by atoms with E-state index in [0.717, 1.165) is 30.6 Å². The van der Waals surface area contributed by atoms with Crippen molar-refractivity contribution in [1.82, 2.24) is 0 Å². The molecule has 1 saturated carbocycles. The molecule has 4 nitrogen and oxygen atoms in total. The lowest BCUT2D eigenvalue weighted by atomic mass is 9.90. The molecule has 0 aromatic heterocycles. The highest BCUT2D eigenvalue weighted by Crippen LogP contribution is 2.52. The van der Waals surface area contributed by atoms with Crippen molar-refractivity contribution >= 4 is 11.8 Å². The van der Waals surface area contributed by atoms with Crippen LogP contribution < -0.4 is 0 Å². The normalized spacial score (nSPS) is 44.2. The number of cyclic esters (lactones) is 1. The van der Waals surface area contributed by atoms with Crippen LogP contribution in [-0.4, -0.2) is 24.5 Å². The highest BCUT2D eigenvalue weighted by atomic mass is 16.6. The molecule has 0 aromatic carbocycles. The Labute approximate surface area is 92.6 Å². The van der Waals surface area contributed by atoms with E-state index in [1.807, 2.05) is 0 Å². The minimum absolute atomic E-state index is 0.0481. The van der Waals surface area contributed by atoms with Gasteiger partial charge in [-0.1, -0.05) is 0 Å². The molecular formula is C12H12O4. The molecule has 4 rings (SSSR count). The van der Waals surface area contributed by atoms with E-state index in [-0.39, 0.29) is 29.5 Å². The maximum absolute atomic E-state index is 12.2. The lowest BCUT2D eigenvalue weighted by molar-refractivity contribution is -0.142. The lowest BCUT2D eigenvalue weighted by Gasteiger charge is -2.24. The van der Waals surface area contributed by atoms with Gasteiger partial charge in [-0.3, -0.25) is 9.59 Å². The van der Waals surface area contributed by atoms with Gasteiger partial charge in [0.05, 0.1) is 12.5 Å². The van der Waals surface area contributed by atoms with Crippen LogP contribution in [0.4, 0.5) is 0 Å². The lowest BCUT2D eigenvalue weighted by Crippen LogP contribution is -2.35. The zero-order valence-electron chi connectivity index (χ0n) is 8.77. The van der Waals surface area contributed by atoms with E-state index < -0.39 is 6.10 Å². The van der Waals surface area contributed by atoms with Gasteiger partial charge in [-0.25, -0.2) is 0 Å². The minimum Gasteiger partial charge on any atom is -0.486 e. The third-order valence-electron chi connectivity index (χ3n) is 4.33. The smallest absolute Gasteiger partial charge is 0.317 e. The number of ether oxygens (including phenoxy) is 2. The number of rotatable bonds is 0.